The van der Waals surface area contributed by atoms with Crippen LogP contribution < -0.4 is 9.47 Å². The highest BCUT2D eigenvalue weighted by atomic mass is 32.2. The summed E-state index contributed by atoms with van der Waals surface area (Å²) in [6.45, 7) is 10.3. The van der Waals surface area contributed by atoms with Gasteiger partial charge >= 0.3 is 0 Å². The summed E-state index contributed by atoms with van der Waals surface area (Å²) < 4.78 is 36.1. The quantitative estimate of drug-likeness (QED) is 0.361. The van der Waals surface area contributed by atoms with E-state index in [4.69, 9.17) is 18.9 Å². The van der Waals surface area contributed by atoms with Gasteiger partial charge in [-0.3, -0.25) is 4.90 Å². The molecule has 7 heteroatoms. The fourth-order valence-electron chi connectivity index (χ4n) is 5.10. The van der Waals surface area contributed by atoms with Crippen LogP contribution in [0.15, 0.2) is 12.1 Å². The average Bonchev–Trinajstić information content (AvgIpc) is 2.81. The van der Waals surface area contributed by atoms with E-state index >= 15 is 0 Å². The first-order valence-corrected chi connectivity index (χ1v) is 13.2. The summed E-state index contributed by atoms with van der Waals surface area (Å²) in [5.74, 6) is 2.46. The second-order valence-electron chi connectivity index (χ2n) is 10.3. The van der Waals surface area contributed by atoms with E-state index in [0.29, 0.717) is 23.8 Å². The second-order valence-corrected chi connectivity index (χ2v) is 10.9. The molecule has 2 aliphatic rings. The number of halogens is 1. The van der Waals surface area contributed by atoms with Crippen molar-refractivity contribution in [3.8, 4) is 11.5 Å². The molecule has 1 fully saturated rings. The van der Waals surface area contributed by atoms with E-state index in [9.17, 15) is 3.89 Å². The Hall–Kier alpha value is -1.02. The summed E-state index contributed by atoms with van der Waals surface area (Å²) in [7, 11) is 3.37. The standard InChI is InChI=1S/C26H42FNO4S/c1-19(32-25-8-6-7-12-31-25)22(16-26(2,3)10-13-33-27)18-28-11-9-20-14-23(29-4)24(30-5)15-21(20)17-28/h14-15,19,22,25H,6-13,16-18H2,1-5H3/t19-,22?,25?/m1/s1. The molecule has 1 aromatic carbocycles. The van der Waals surface area contributed by atoms with Crippen molar-refractivity contribution in [2.75, 3.05) is 39.7 Å². The Morgan fingerprint density at radius 3 is 2.55 bits per heavy atom. The molecule has 0 spiro atoms. The topological polar surface area (TPSA) is 40.2 Å². The molecule has 188 valence electrons. The van der Waals surface area contributed by atoms with E-state index in [1.165, 1.54) is 11.1 Å². The Balaban J connectivity index is 1.70. The van der Waals surface area contributed by atoms with Gasteiger partial charge in [0.15, 0.2) is 17.8 Å². The van der Waals surface area contributed by atoms with Crippen LogP contribution in [-0.4, -0.2) is 57.0 Å². The molecule has 0 bridgehead atoms. The van der Waals surface area contributed by atoms with Gasteiger partial charge in [0, 0.05) is 44.1 Å². The van der Waals surface area contributed by atoms with Crippen LogP contribution in [-0.2, 0) is 22.4 Å². The molecular weight excluding hydrogens is 441 g/mol. The minimum absolute atomic E-state index is 0.0546. The predicted octanol–water partition coefficient (Wildman–Crippen LogP) is 6.03. The van der Waals surface area contributed by atoms with Gasteiger partial charge in [-0.25, -0.2) is 0 Å². The van der Waals surface area contributed by atoms with Gasteiger partial charge in [0.1, 0.15) is 0 Å². The minimum Gasteiger partial charge on any atom is -0.493 e. The molecule has 0 N–H and O–H groups in total. The molecule has 2 unspecified atom stereocenters. The Morgan fingerprint density at radius 2 is 1.91 bits per heavy atom. The number of methoxy groups -OCH3 is 2. The van der Waals surface area contributed by atoms with Crippen molar-refractivity contribution >= 4 is 12.1 Å². The number of fused-ring (bicyclic) bond motifs is 1. The van der Waals surface area contributed by atoms with E-state index in [-0.39, 0.29) is 17.8 Å². The SMILES string of the molecule is COc1cc2c(cc1OC)CN(CC(CC(C)(C)CCSF)[C@@H](C)OC1CCCCO1)CC2. The van der Waals surface area contributed by atoms with Crippen molar-refractivity contribution in [2.24, 2.45) is 11.3 Å². The Bertz CT molecular complexity index is 741. The lowest BCUT2D eigenvalue weighted by Gasteiger charge is -2.39. The number of rotatable bonds is 12. The van der Waals surface area contributed by atoms with Crippen LogP contribution in [0.2, 0.25) is 0 Å². The zero-order valence-corrected chi connectivity index (χ0v) is 21.8. The van der Waals surface area contributed by atoms with Gasteiger partial charge in [-0.2, -0.15) is 3.89 Å². The summed E-state index contributed by atoms with van der Waals surface area (Å²) in [6.07, 6.45) is 6.08. The molecule has 0 radical (unpaired) electrons. The first-order valence-electron chi connectivity index (χ1n) is 12.3. The second kappa shape index (κ2) is 12.6. The van der Waals surface area contributed by atoms with Crippen LogP contribution in [0, 0.1) is 11.3 Å². The van der Waals surface area contributed by atoms with Crippen molar-refractivity contribution in [2.45, 2.75) is 78.2 Å². The minimum atomic E-state index is -0.0976. The van der Waals surface area contributed by atoms with Crippen LogP contribution in [0.3, 0.4) is 0 Å². The van der Waals surface area contributed by atoms with Gasteiger partial charge in [-0.1, -0.05) is 13.8 Å². The fraction of sp³-hybridized carbons (Fsp3) is 0.769. The maximum Gasteiger partial charge on any atom is 0.161 e. The molecule has 5 nitrogen and oxygen atoms in total. The summed E-state index contributed by atoms with van der Waals surface area (Å²) in [6, 6.07) is 4.24. The van der Waals surface area contributed by atoms with E-state index in [1.54, 1.807) is 14.2 Å². The maximum atomic E-state index is 12.8. The summed E-state index contributed by atoms with van der Waals surface area (Å²) >= 11 is 0.443. The van der Waals surface area contributed by atoms with Gasteiger partial charge in [0.25, 0.3) is 0 Å². The van der Waals surface area contributed by atoms with Gasteiger partial charge < -0.3 is 18.9 Å². The van der Waals surface area contributed by atoms with Crippen molar-refractivity contribution in [3.05, 3.63) is 23.3 Å². The molecule has 1 saturated heterocycles. The number of hydrogen-bond acceptors (Lipinski definition) is 6. The number of benzene rings is 1. The lowest BCUT2D eigenvalue weighted by atomic mass is 9.78. The monoisotopic (exact) mass is 483 g/mol. The highest BCUT2D eigenvalue weighted by Gasteiger charge is 2.32. The molecule has 0 aromatic heterocycles. The molecular formula is C26H42FNO4S. The van der Waals surface area contributed by atoms with Crippen LogP contribution >= 0.6 is 12.1 Å². The third-order valence-corrected chi connectivity index (χ3v) is 7.49. The van der Waals surface area contributed by atoms with Crippen LogP contribution in [0.4, 0.5) is 3.89 Å². The molecule has 3 atom stereocenters. The van der Waals surface area contributed by atoms with E-state index < -0.39 is 0 Å². The lowest BCUT2D eigenvalue weighted by molar-refractivity contribution is -0.197. The number of ether oxygens (including phenoxy) is 4. The first kappa shape index (κ1) is 26.6. The molecule has 1 aromatic rings. The smallest absolute Gasteiger partial charge is 0.161 e. The van der Waals surface area contributed by atoms with Gasteiger partial charge in [0.2, 0.25) is 0 Å². The molecule has 3 rings (SSSR count). The van der Waals surface area contributed by atoms with Gasteiger partial charge in [0.05, 0.1) is 20.3 Å². The third kappa shape index (κ3) is 7.74. The highest BCUT2D eigenvalue weighted by molar-refractivity contribution is 7.94. The van der Waals surface area contributed by atoms with E-state index in [1.807, 2.05) is 0 Å². The van der Waals surface area contributed by atoms with Crippen LogP contribution in [0.25, 0.3) is 0 Å². The van der Waals surface area contributed by atoms with E-state index in [2.05, 4.69) is 37.8 Å². The fourth-order valence-corrected chi connectivity index (χ4v) is 5.73. The predicted molar refractivity (Wildman–Crippen MR) is 133 cm³/mol. The van der Waals surface area contributed by atoms with Crippen molar-refractivity contribution in [3.63, 3.8) is 0 Å². The van der Waals surface area contributed by atoms with Crippen LogP contribution in [0.1, 0.15) is 64.0 Å². The molecule has 2 heterocycles. The largest absolute Gasteiger partial charge is 0.493 e. The summed E-state index contributed by atoms with van der Waals surface area (Å²) in [5.41, 5.74) is 2.69. The maximum absolute atomic E-state index is 12.8. The third-order valence-electron chi connectivity index (χ3n) is 7.13. The van der Waals surface area contributed by atoms with Crippen molar-refractivity contribution in [1.82, 2.24) is 4.90 Å². The lowest BCUT2D eigenvalue weighted by Crippen LogP contribution is -2.41. The normalized spacial score (nSPS) is 21.3. The van der Waals surface area contributed by atoms with Gasteiger partial charge in [-0.05, 0) is 80.0 Å². The zero-order chi connectivity index (χ0) is 23.8. The van der Waals surface area contributed by atoms with E-state index in [0.717, 1.165) is 76.3 Å². The number of nitrogens with zero attached hydrogens (tertiary/aromatic N) is 1. The van der Waals surface area contributed by atoms with Crippen LogP contribution in [0.5, 0.6) is 11.5 Å². The molecule has 33 heavy (non-hydrogen) atoms. The van der Waals surface area contributed by atoms with Gasteiger partial charge in [-0.15, -0.1) is 0 Å². The summed E-state index contributed by atoms with van der Waals surface area (Å²) in [5, 5.41) is 0. The Labute approximate surface area is 204 Å². The molecule has 0 aliphatic carbocycles. The Morgan fingerprint density at radius 1 is 1.18 bits per heavy atom. The first-order chi connectivity index (χ1) is 15.8. The van der Waals surface area contributed by atoms with Crippen molar-refractivity contribution in [1.29, 1.82) is 0 Å². The zero-order valence-electron chi connectivity index (χ0n) is 21.0. The molecule has 0 amide bonds. The molecule has 2 aliphatic heterocycles. The molecule has 0 saturated carbocycles. The average molecular weight is 484 g/mol. The summed E-state index contributed by atoms with van der Waals surface area (Å²) in [4.78, 5) is 2.53. The Kier molecular flexibility index (Phi) is 10.2. The highest BCUT2D eigenvalue weighted by Crippen LogP contribution is 2.36. The van der Waals surface area contributed by atoms with Crippen molar-refractivity contribution < 1.29 is 22.8 Å². The number of hydrogen-bond donors (Lipinski definition) is 0.